The predicted octanol–water partition coefficient (Wildman–Crippen LogP) is 5.08. The highest BCUT2D eigenvalue weighted by atomic mass is 19.3. The lowest BCUT2D eigenvalue weighted by atomic mass is 10.1. The highest BCUT2D eigenvalue weighted by Gasteiger charge is 2.07. The fourth-order valence-corrected chi connectivity index (χ4v) is 2.34. The van der Waals surface area contributed by atoms with Crippen LogP contribution in [-0.2, 0) is 6.42 Å². The van der Waals surface area contributed by atoms with Gasteiger partial charge in [0.1, 0.15) is 0 Å². The lowest BCUT2D eigenvalue weighted by molar-refractivity contribution is 0.151. The number of hydrogen-bond donors (Lipinski definition) is 1. The van der Waals surface area contributed by atoms with E-state index < -0.39 is 6.43 Å². The third kappa shape index (κ3) is 5.11. The SMILES string of the molecule is CCOc1ccc(NCCc2ccc(C(F)F)cc2)cc1OCC. The van der Waals surface area contributed by atoms with Gasteiger partial charge in [-0.15, -0.1) is 0 Å². The van der Waals surface area contributed by atoms with Gasteiger partial charge >= 0.3 is 0 Å². The van der Waals surface area contributed by atoms with Crippen molar-refractivity contribution in [2.75, 3.05) is 25.1 Å². The van der Waals surface area contributed by atoms with Crippen LogP contribution in [-0.4, -0.2) is 19.8 Å². The van der Waals surface area contributed by atoms with Crippen LogP contribution in [0.15, 0.2) is 42.5 Å². The number of benzene rings is 2. The molecular weight excluding hydrogens is 312 g/mol. The molecule has 0 fully saturated rings. The van der Waals surface area contributed by atoms with Crippen LogP contribution in [0.1, 0.15) is 31.4 Å². The molecule has 0 spiro atoms. The van der Waals surface area contributed by atoms with E-state index in [4.69, 9.17) is 9.47 Å². The second-order valence-electron chi connectivity index (χ2n) is 5.25. The molecule has 0 bridgehead atoms. The molecule has 0 aromatic heterocycles. The third-order valence-electron chi connectivity index (χ3n) is 3.52. The number of hydrogen-bond acceptors (Lipinski definition) is 3. The molecule has 1 N–H and O–H groups in total. The van der Waals surface area contributed by atoms with E-state index in [1.807, 2.05) is 32.0 Å². The van der Waals surface area contributed by atoms with Crippen LogP contribution in [0.2, 0.25) is 0 Å². The first-order chi connectivity index (χ1) is 11.6. The summed E-state index contributed by atoms with van der Waals surface area (Å²) in [4.78, 5) is 0. The van der Waals surface area contributed by atoms with Gasteiger partial charge < -0.3 is 14.8 Å². The smallest absolute Gasteiger partial charge is 0.263 e. The molecule has 0 saturated carbocycles. The van der Waals surface area contributed by atoms with E-state index in [0.717, 1.165) is 23.4 Å². The number of alkyl halides is 2. The molecule has 130 valence electrons. The van der Waals surface area contributed by atoms with Gasteiger partial charge in [0.05, 0.1) is 13.2 Å². The first kappa shape index (κ1) is 18.0. The van der Waals surface area contributed by atoms with Crippen molar-refractivity contribution in [3.05, 3.63) is 53.6 Å². The average Bonchev–Trinajstić information content (AvgIpc) is 2.58. The number of rotatable bonds is 9. The molecule has 0 amide bonds. The summed E-state index contributed by atoms with van der Waals surface area (Å²) in [5, 5.41) is 3.31. The topological polar surface area (TPSA) is 30.5 Å². The maximum atomic E-state index is 12.5. The Morgan fingerprint density at radius 3 is 2.21 bits per heavy atom. The summed E-state index contributed by atoms with van der Waals surface area (Å²) >= 11 is 0. The summed E-state index contributed by atoms with van der Waals surface area (Å²) in [7, 11) is 0. The van der Waals surface area contributed by atoms with E-state index in [2.05, 4.69) is 5.32 Å². The van der Waals surface area contributed by atoms with Gasteiger partial charge in [-0.2, -0.15) is 0 Å². The molecular formula is C19H23F2NO2. The van der Waals surface area contributed by atoms with Crippen LogP contribution in [0, 0.1) is 0 Å². The Hall–Kier alpha value is -2.30. The Kier molecular flexibility index (Phi) is 6.85. The summed E-state index contributed by atoms with van der Waals surface area (Å²) < 4.78 is 36.2. The monoisotopic (exact) mass is 335 g/mol. The van der Waals surface area contributed by atoms with Crippen molar-refractivity contribution in [2.45, 2.75) is 26.7 Å². The van der Waals surface area contributed by atoms with E-state index >= 15 is 0 Å². The molecule has 0 atom stereocenters. The average molecular weight is 335 g/mol. The second-order valence-corrected chi connectivity index (χ2v) is 5.25. The van der Waals surface area contributed by atoms with Crippen LogP contribution in [0.25, 0.3) is 0 Å². The van der Waals surface area contributed by atoms with Crippen LogP contribution in [0.4, 0.5) is 14.5 Å². The Morgan fingerprint density at radius 2 is 1.58 bits per heavy atom. The zero-order chi connectivity index (χ0) is 17.4. The second kappa shape index (κ2) is 9.11. The summed E-state index contributed by atoms with van der Waals surface area (Å²) in [6.07, 6.45) is -1.67. The minimum atomic E-state index is -2.42. The first-order valence-corrected chi connectivity index (χ1v) is 8.14. The normalized spacial score (nSPS) is 10.7. The lowest BCUT2D eigenvalue weighted by Crippen LogP contribution is -2.06. The maximum Gasteiger partial charge on any atom is 0.263 e. The molecule has 0 unspecified atom stereocenters. The third-order valence-corrected chi connectivity index (χ3v) is 3.52. The summed E-state index contributed by atoms with van der Waals surface area (Å²) in [5.74, 6) is 1.44. The fraction of sp³-hybridized carbons (Fsp3) is 0.368. The molecule has 0 radical (unpaired) electrons. The van der Waals surface area contributed by atoms with Crippen LogP contribution < -0.4 is 14.8 Å². The molecule has 0 aliphatic carbocycles. The van der Waals surface area contributed by atoms with Gasteiger partial charge in [0, 0.05) is 23.9 Å². The molecule has 2 aromatic rings. The van der Waals surface area contributed by atoms with Gasteiger partial charge in [0.2, 0.25) is 0 Å². The molecule has 0 saturated heterocycles. The molecule has 24 heavy (non-hydrogen) atoms. The largest absolute Gasteiger partial charge is 0.490 e. The Morgan fingerprint density at radius 1 is 0.917 bits per heavy atom. The summed E-state index contributed by atoms with van der Waals surface area (Å²) in [6.45, 7) is 5.72. The van der Waals surface area contributed by atoms with Crippen LogP contribution in [0.3, 0.4) is 0 Å². The van der Waals surface area contributed by atoms with Gasteiger partial charge in [-0.05, 0) is 38.0 Å². The van der Waals surface area contributed by atoms with Crippen molar-refractivity contribution >= 4 is 5.69 Å². The lowest BCUT2D eigenvalue weighted by Gasteiger charge is -2.13. The van der Waals surface area contributed by atoms with Crippen molar-refractivity contribution in [1.82, 2.24) is 0 Å². The minimum Gasteiger partial charge on any atom is -0.490 e. The van der Waals surface area contributed by atoms with Gasteiger partial charge in [-0.25, -0.2) is 8.78 Å². The van der Waals surface area contributed by atoms with Crippen molar-refractivity contribution in [3.8, 4) is 11.5 Å². The van der Waals surface area contributed by atoms with Gasteiger partial charge in [0.15, 0.2) is 11.5 Å². The van der Waals surface area contributed by atoms with E-state index in [1.165, 1.54) is 12.1 Å². The first-order valence-electron chi connectivity index (χ1n) is 8.14. The summed E-state index contributed by atoms with van der Waals surface area (Å²) in [6, 6.07) is 12.2. The molecule has 5 heteroatoms. The number of anilines is 1. The van der Waals surface area contributed by atoms with E-state index in [9.17, 15) is 8.78 Å². The molecule has 0 aliphatic rings. The fourth-order valence-electron chi connectivity index (χ4n) is 2.34. The Bertz CT molecular complexity index is 630. The van der Waals surface area contributed by atoms with Crippen molar-refractivity contribution in [2.24, 2.45) is 0 Å². The molecule has 2 aromatic carbocycles. The standard InChI is InChI=1S/C19H23F2NO2/c1-3-23-17-10-9-16(13-18(17)24-4-2)22-12-11-14-5-7-15(8-6-14)19(20)21/h5-10,13,19,22H,3-4,11-12H2,1-2H3. The van der Waals surface area contributed by atoms with Gasteiger partial charge in [0.25, 0.3) is 6.43 Å². The highest BCUT2D eigenvalue weighted by Crippen LogP contribution is 2.30. The quantitative estimate of drug-likeness (QED) is 0.693. The van der Waals surface area contributed by atoms with Crippen molar-refractivity contribution in [3.63, 3.8) is 0 Å². The molecule has 3 nitrogen and oxygen atoms in total. The van der Waals surface area contributed by atoms with E-state index in [1.54, 1.807) is 12.1 Å². The van der Waals surface area contributed by atoms with Crippen LogP contribution >= 0.6 is 0 Å². The summed E-state index contributed by atoms with van der Waals surface area (Å²) in [5.41, 5.74) is 2.01. The Balaban J connectivity index is 1.92. The minimum absolute atomic E-state index is 0.0552. The zero-order valence-corrected chi connectivity index (χ0v) is 14.0. The van der Waals surface area contributed by atoms with Gasteiger partial charge in [-0.3, -0.25) is 0 Å². The molecule has 0 aliphatic heterocycles. The van der Waals surface area contributed by atoms with E-state index in [0.29, 0.717) is 25.5 Å². The maximum absolute atomic E-state index is 12.5. The Labute approximate surface area is 141 Å². The highest BCUT2D eigenvalue weighted by molar-refractivity contribution is 5.54. The predicted molar refractivity (Wildman–Crippen MR) is 92.4 cm³/mol. The van der Waals surface area contributed by atoms with Crippen LogP contribution in [0.5, 0.6) is 11.5 Å². The molecule has 0 heterocycles. The van der Waals surface area contributed by atoms with E-state index in [-0.39, 0.29) is 5.56 Å². The number of ether oxygens (including phenoxy) is 2. The number of nitrogens with one attached hydrogen (secondary N) is 1. The van der Waals surface area contributed by atoms with Crippen molar-refractivity contribution < 1.29 is 18.3 Å². The zero-order valence-electron chi connectivity index (χ0n) is 14.0. The van der Waals surface area contributed by atoms with Crippen molar-refractivity contribution in [1.29, 1.82) is 0 Å². The number of halogens is 2. The van der Waals surface area contributed by atoms with Gasteiger partial charge in [-0.1, -0.05) is 24.3 Å². The molecule has 2 rings (SSSR count).